The van der Waals surface area contributed by atoms with Crippen molar-refractivity contribution >= 4 is 11.3 Å². The Labute approximate surface area is 168 Å². The Morgan fingerprint density at radius 3 is 2.56 bits per heavy atom. The van der Waals surface area contributed by atoms with E-state index >= 15 is 0 Å². The highest BCUT2D eigenvalue weighted by Gasteiger charge is 2.75. The predicted molar refractivity (Wildman–Crippen MR) is 115 cm³/mol. The van der Waals surface area contributed by atoms with Crippen LogP contribution < -0.4 is 0 Å². The van der Waals surface area contributed by atoms with Gasteiger partial charge in [-0.15, -0.1) is 6.58 Å². The molecule has 0 aromatic carbocycles. The van der Waals surface area contributed by atoms with E-state index in [0.29, 0.717) is 17.8 Å². The minimum atomic E-state index is 0.0140. The molecule has 2 saturated carbocycles. The summed E-state index contributed by atoms with van der Waals surface area (Å²) in [6, 6.07) is 4.60. The molecule has 0 radical (unpaired) electrons. The van der Waals surface area contributed by atoms with Gasteiger partial charge in [0.15, 0.2) is 0 Å². The Morgan fingerprint density at radius 1 is 1.30 bits per heavy atom. The van der Waals surface area contributed by atoms with Crippen LogP contribution in [0.25, 0.3) is 0 Å². The fourth-order valence-corrected chi connectivity index (χ4v) is 7.27. The molecule has 0 saturated heterocycles. The third kappa shape index (κ3) is 2.49. The maximum Gasteiger partial charge on any atom is 0.0943 e. The second-order valence-corrected chi connectivity index (χ2v) is 9.96. The van der Waals surface area contributed by atoms with Crippen molar-refractivity contribution in [3.8, 4) is 0 Å². The molecule has 144 valence electrons. The molecule has 0 spiro atoms. The highest BCUT2D eigenvalue weighted by molar-refractivity contribution is 7.08. The standard InChI is InChI=1S/C25H32OS/c1-6-11-24(19-7-8-19)22(14-17(2)3)23(18(4)5)25(24,20-9-12-26-15-20)21-10-13-27-16-21/h6,9-10,12-16,18-19,22-23H,1,7-8,11H2,2-5H3. The summed E-state index contributed by atoms with van der Waals surface area (Å²) in [4.78, 5) is 0. The number of allylic oxidation sites excluding steroid dienone is 3. The highest BCUT2D eigenvalue weighted by atomic mass is 32.1. The minimum absolute atomic E-state index is 0.0140. The van der Waals surface area contributed by atoms with E-state index in [2.05, 4.69) is 69.3 Å². The van der Waals surface area contributed by atoms with E-state index in [9.17, 15) is 0 Å². The Hall–Kier alpha value is -1.54. The summed E-state index contributed by atoms with van der Waals surface area (Å²) in [5.74, 6) is 2.51. The summed E-state index contributed by atoms with van der Waals surface area (Å²) in [5.41, 5.74) is 4.50. The van der Waals surface area contributed by atoms with Gasteiger partial charge < -0.3 is 4.42 Å². The molecule has 2 heteroatoms. The van der Waals surface area contributed by atoms with Gasteiger partial charge in [0, 0.05) is 11.0 Å². The molecule has 4 unspecified atom stereocenters. The Kier molecular flexibility index (Phi) is 4.74. The molecule has 4 atom stereocenters. The van der Waals surface area contributed by atoms with Gasteiger partial charge in [0.05, 0.1) is 12.5 Å². The monoisotopic (exact) mass is 380 g/mol. The summed E-state index contributed by atoms with van der Waals surface area (Å²) in [6.07, 6.45) is 12.4. The fourth-order valence-electron chi connectivity index (χ4n) is 6.55. The molecule has 1 nitrogen and oxygen atoms in total. The highest BCUT2D eigenvalue weighted by Crippen LogP contribution is 2.78. The zero-order chi connectivity index (χ0) is 19.2. The molecule has 27 heavy (non-hydrogen) atoms. The lowest BCUT2D eigenvalue weighted by Gasteiger charge is -2.71. The number of hydrogen-bond donors (Lipinski definition) is 0. The van der Waals surface area contributed by atoms with Crippen LogP contribution in [-0.4, -0.2) is 0 Å². The summed E-state index contributed by atoms with van der Waals surface area (Å²) < 4.78 is 5.67. The van der Waals surface area contributed by atoms with Crippen LogP contribution in [-0.2, 0) is 5.41 Å². The van der Waals surface area contributed by atoms with E-state index in [0.717, 1.165) is 12.3 Å². The van der Waals surface area contributed by atoms with Crippen molar-refractivity contribution in [3.63, 3.8) is 0 Å². The van der Waals surface area contributed by atoms with Crippen LogP contribution in [0.1, 0.15) is 58.1 Å². The van der Waals surface area contributed by atoms with Gasteiger partial charge in [0.25, 0.3) is 0 Å². The van der Waals surface area contributed by atoms with Crippen LogP contribution >= 0.6 is 11.3 Å². The molecule has 0 N–H and O–H groups in total. The zero-order valence-corrected chi connectivity index (χ0v) is 17.9. The third-order valence-corrected chi connectivity index (χ3v) is 7.87. The first kappa shape index (κ1) is 18.8. The van der Waals surface area contributed by atoms with Gasteiger partial charge in [-0.3, -0.25) is 0 Å². The van der Waals surface area contributed by atoms with Crippen molar-refractivity contribution in [1.29, 1.82) is 0 Å². The van der Waals surface area contributed by atoms with Crippen molar-refractivity contribution < 1.29 is 4.42 Å². The summed E-state index contributed by atoms with van der Waals surface area (Å²) in [6.45, 7) is 13.5. The van der Waals surface area contributed by atoms with Crippen molar-refractivity contribution in [1.82, 2.24) is 0 Å². The average Bonchev–Trinajstić information content (AvgIpc) is 3.10. The van der Waals surface area contributed by atoms with Crippen LogP contribution in [0.3, 0.4) is 0 Å². The van der Waals surface area contributed by atoms with Gasteiger partial charge in [0.1, 0.15) is 0 Å². The van der Waals surface area contributed by atoms with E-state index < -0.39 is 0 Å². The molecule has 0 bridgehead atoms. The van der Waals surface area contributed by atoms with E-state index in [-0.39, 0.29) is 10.8 Å². The maximum absolute atomic E-state index is 5.67. The van der Waals surface area contributed by atoms with Crippen LogP contribution in [0.5, 0.6) is 0 Å². The molecule has 2 aliphatic rings. The Balaban J connectivity index is 2.03. The summed E-state index contributed by atoms with van der Waals surface area (Å²) >= 11 is 1.82. The van der Waals surface area contributed by atoms with Crippen LogP contribution in [0.4, 0.5) is 0 Å². The first-order valence-corrected chi connectivity index (χ1v) is 11.3. The van der Waals surface area contributed by atoms with E-state index in [1.807, 2.05) is 23.9 Å². The second-order valence-electron chi connectivity index (χ2n) is 9.18. The fraction of sp³-hybridized carbons (Fsp3) is 0.520. The first-order valence-electron chi connectivity index (χ1n) is 10.3. The van der Waals surface area contributed by atoms with Gasteiger partial charge in [-0.25, -0.2) is 0 Å². The average molecular weight is 381 g/mol. The molecule has 0 aliphatic heterocycles. The topological polar surface area (TPSA) is 13.1 Å². The largest absolute Gasteiger partial charge is 0.472 e. The molecular formula is C25H32OS. The maximum atomic E-state index is 5.67. The molecule has 2 fully saturated rings. The number of furan rings is 1. The van der Waals surface area contributed by atoms with Gasteiger partial charge in [-0.05, 0) is 90.7 Å². The number of hydrogen-bond acceptors (Lipinski definition) is 2. The van der Waals surface area contributed by atoms with Gasteiger partial charge in [0.2, 0.25) is 0 Å². The van der Waals surface area contributed by atoms with Gasteiger partial charge in [-0.2, -0.15) is 11.3 Å². The van der Waals surface area contributed by atoms with E-state index in [1.54, 1.807) is 0 Å². The SMILES string of the molecule is C=CCC1(C2CC2)C(C=C(C)C)C(C(C)C)C1(c1ccoc1)c1ccsc1. The molecule has 0 amide bonds. The lowest BCUT2D eigenvalue weighted by atomic mass is 9.31. The Morgan fingerprint density at radius 2 is 2.07 bits per heavy atom. The normalized spacial score (nSPS) is 32.9. The predicted octanol–water partition coefficient (Wildman–Crippen LogP) is 7.47. The summed E-state index contributed by atoms with van der Waals surface area (Å²) in [7, 11) is 0. The van der Waals surface area contributed by atoms with Gasteiger partial charge in [-0.1, -0.05) is 31.6 Å². The second kappa shape index (κ2) is 6.81. The molecule has 2 aromatic heterocycles. The van der Waals surface area contributed by atoms with Crippen LogP contribution in [0.15, 0.2) is 64.1 Å². The van der Waals surface area contributed by atoms with Crippen LogP contribution in [0, 0.1) is 29.1 Å². The lowest BCUT2D eigenvalue weighted by Crippen LogP contribution is -2.70. The van der Waals surface area contributed by atoms with Crippen molar-refractivity contribution in [2.45, 2.75) is 52.4 Å². The van der Waals surface area contributed by atoms with Gasteiger partial charge >= 0.3 is 0 Å². The van der Waals surface area contributed by atoms with Crippen LogP contribution in [0.2, 0.25) is 0 Å². The van der Waals surface area contributed by atoms with Crippen molar-refractivity contribution in [3.05, 3.63) is 70.9 Å². The number of rotatable bonds is 7. The molecule has 2 heterocycles. The lowest BCUT2D eigenvalue weighted by molar-refractivity contribution is -0.141. The first-order chi connectivity index (χ1) is 13.0. The molecule has 2 aromatic rings. The van der Waals surface area contributed by atoms with E-state index in [4.69, 9.17) is 4.42 Å². The molecule has 2 aliphatic carbocycles. The molecule has 4 rings (SSSR count). The smallest absolute Gasteiger partial charge is 0.0943 e. The Bertz CT molecular complexity index is 768. The zero-order valence-electron chi connectivity index (χ0n) is 17.1. The minimum Gasteiger partial charge on any atom is -0.472 e. The van der Waals surface area contributed by atoms with E-state index in [1.165, 1.54) is 29.5 Å². The number of thiophene rings is 1. The van der Waals surface area contributed by atoms with Crippen molar-refractivity contribution in [2.24, 2.45) is 29.1 Å². The quantitative estimate of drug-likeness (QED) is 0.454. The van der Waals surface area contributed by atoms with Crippen molar-refractivity contribution in [2.75, 3.05) is 0 Å². The summed E-state index contributed by atoms with van der Waals surface area (Å²) in [5, 5.41) is 4.63. The molecular weight excluding hydrogens is 348 g/mol. The third-order valence-electron chi connectivity index (χ3n) is 7.19.